The number of nitriles is 2. The van der Waals surface area contributed by atoms with Gasteiger partial charge in [0.25, 0.3) is 0 Å². The Balaban J connectivity index is 2.73. The van der Waals surface area contributed by atoms with Crippen molar-refractivity contribution in [1.82, 2.24) is 14.8 Å². The van der Waals surface area contributed by atoms with Crippen LogP contribution in [0.5, 0.6) is 0 Å². The van der Waals surface area contributed by atoms with E-state index in [9.17, 15) is 4.79 Å². The summed E-state index contributed by atoms with van der Waals surface area (Å²) >= 11 is 4.92. The minimum Gasteiger partial charge on any atom is -0.272 e. The molecule has 0 aliphatic heterocycles. The molecule has 0 amide bonds. The van der Waals surface area contributed by atoms with Crippen molar-refractivity contribution in [3.8, 4) is 17.8 Å². The fourth-order valence-corrected chi connectivity index (χ4v) is 1.65. The summed E-state index contributed by atoms with van der Waals surface area (Å²) in [6, 6.07) is 8.26. The van der Waals surface area contributed by atoms with Gasteiger partial charge in [0, 0.05) is 0 Å². The van der Waals surface area contributed by atoms with E-state index in [4.69, 9.17) is 22.7 Å². The first-order chi connectivity index (χ1) is 8.17. The third-order valence-corrected chi connectivity index (χ3v) is 2.47. The molecule has 0 saturated heterocycles. The number of aromatic amines is 2. The maximum absolute atomic E-state index is 11.5. The average Bonchev–Trinajstić information content (AvgIpc) is 2.68. The molecule has 2 N–H and O–H groups in total. The molecule has 1 aromatic carbocycles. The summed E-state index contributed by atoms with van der Waals surface area (Å²) in [5, 5.41) is 22.5. The second-order valence-electron chi connectivity index (χ2n) is 3.15. The largest absolute Gasteiger partial charge is 0.347 e. The molecule has 0 bridgehead atoms. The van der Waals surface area contributed by atoms with Gasteiger partial charge in [-0.05, 0) is 30.4 Å². The highest BCUT2D eigenvalue weighted by Crippen LogP contribution is 2.12. The van der Waals surface area contributed by atoms with Gasteiger partial charge in [0.05, 0.1) is 16.8 Å². The Labute approximate surface area is 100 Å². The number of nitrogens with zero attached hydrogens (tertiary/aromatic N) is 3. The third-order valence-electron chi connectivity index (χ3n) is 2.18. The molecule has 1 aromatic heterocycles. The summed E-state index contributed by atoms with van der Waals surface area (Å²) in [5.74, 6) is 0. The molecule has 7 heteroatoms. The first-order valence-corrected chi connectivity index (χ1v) is 4.92. The number of rotatable bonds is 1. The molecular weight excluding hydrogens is 238 g/mol. The van der Waals surface area contributed by atoms with Crippen LogP contribution < -0.4 is 5.69 Å². The van der Waals surface area contributed by atoms with Crippen LogP contribution in [-0.4, -0.2) is 14.8 Å². The van der Waals surface area contributed by atoms with Crippen molar-refractivity contribution in [2.75, 3.05) is 0 Å². The lowest BCUT2D eigenvalue weighted by atomic mass is 10.1. The lowest BCUT2D eigenvalue weighted by molar-refractivity contribution is 0.974. The normalized spacial score (nSPS) is 9.53. The Bertz CT molecular complexity index is 740. The zero-order chi connectivity index (χ0) is 12.4. The van der Waals surface area contributed by atoms with Gasteiger partial charge in [-0.25, -0.2) is 14.5 Å². The molecule has 0 radical (unpaired) electrons. The first kappa shape index (κ1) is 10.9. The molecule has 82 valence electrons. The molecule has 0 saturated carbocycles. The topological polar surface area (TPSA) is 101 Å². The minimum atomic E-state index is -0.427. The Kier molecular flexibility index (Phi) is 2.61. The quantitative estimate of drug-likeness (QED) is 0.728. The molecule has 0 fully saturated rings. The van der Waals surface area contributed by atoms with Crippen LogP contribution in [0.25, 0.3) is 5.69 Å². The minimum absolute atomic E-state index is 0.198. The maximum Gasteiger partial charge on any atom is 0.347 e. The van der Waals surface area contributed by atoms with E-state index >= 15 is 0 Å². The van der Waals surface area contributed by atoms with Crippen LogP contribution in [0, 0.1) is 27.4 Å². The molecule has 0 aliphatic rings. The summed E-state index contributed by atoms with van der Waals surface area (Å²) in [5.41, 5.74) is 0.471. The summed E-state index contributed by atoms with van der Waals surface area (Å²) in [6.07, 6.45) is 0. The molecule has 2 rings (SSSR count). The predicted octanol–water partition coefficient (Wildman–Crippen LogP) is 0.967. The van der Waals surface area contributed by atoms with Crippen molar-refractivity contribution < 1.29 is 0 Å². The van der Waals surface area contributed by atoms with Crippen LogP contribution in [0.3, 0.4) is 0 Å². The van der Waals surface area contributed by atoms with Crippen molar-refractivity contribution in [3.05, 3.63) is 44.6 Å². The number of hydrogen-bond donors (Lipinski definition) is 2. The number of hydrogen-bond acceptors (Lipinski definition) is 4. The van der Waals surface area contributed by atoms with Crippen LogP contribution in [0.4, 0.5) is 0 Å². The van der Waals surface area contributed by atoms with Gasteiger partial charge in [-0.3, -0.25) is 5.10 Å². The monoisotopic (exact) mass is 243 g/mol. The summed E-state index contributed by atoms with van der Waals surface area (Å²) in [7, 11) is 0. The standard InChI is InChI=1S/C10H5N5OS/c11-4-6-1-2-8(3-7(6)5-12)15-9(16)13-14-10(15)17/h1-3H,(H,13,16)(H,14,17). The van der Waals surface area contributed by atoms with Crippen molar-refractivity contribution in [2.45, 2.75) is 0 Å². The van der Waals surface area contributed by atoms with E-state index in [1.165, 1.54) is 16.7 Å². The smallest absolute Gasteiger partial charge is 0.272 e. The van der Waals surface area contributed by atoms with Crippen LogP contribution in [0.2, 0.25) is 0 Å². The van der Waals surface area contributed by atoms with Crippen LogP contribution in [-0.2, 0) is 0 Å². The molecule has 2 aromatic rings. The molecule has 0 aliphatic carbocycles. The van der Waals surface area contributed by atoms with Gasteiger partial charge in [-0.1, -0.05) is 0 Å². The molecule has 1 heterocycles. The Hall–Kier alpha value is -2.64. The number of benzene rings is 1. The average molecular weight is 243 g/mol. The SMILES string of the molecule is N#Cc1ccc(-n2c(=O)[nH][nH]c2=S)cc1C#N. The molecular formula is C10H5N5OS. The maximum atomic E-state index is 11.5. The third kappa shape index (κ3) is 1.75. The van der Waals surface area contributed by atoms with Crippen LogP contribution >= 0.6 is 12.2 Å². The molecule has 0 unspecified atom stereocenters. The highest BCUT2D eigenvalue weighted by atomic mass is 32.1. The van der Waals surface area contributed by atoms with E-state index < -0.39 is 5.69 Å². The van der Waals surface area contributed by atoms with E-state index in [1.54, 1.807) is 6.07 Å². The molecule has 17 heavy (non-hydrogen) atoms. The summed E-state index contributed by atoms with van der Waals surface area (Å²) in [4.78, 5) is 11.5. The van der Waals surface area contributed by atoms with E-state index in [0.29, 0.717) is 5.69 Å². The van der Waals surface area contributed by atoms with Gasteiger partial charge in [0.1, 0.15) is 12.1 Å². The van der Waals surface area contributed by atoms with E-state index in [-0.39, 0.29) is 15.9 Å². The first-order valence-electron chi connectivity index (χ1n) is 4.51. The van der Waals surface area contributed by atoms with Crippen LogP contribution in [0.15, 0.2) is 23.0 Å². The van der Waals surface area contributed by atoms with E-state index in [1.807, 2.05) is 12.1 Å². The van der Waals surface area contributed by atoms with E-state index in [2.05, 4.69) is 10.2 Å². The second kappa shape index (κ2) is 4.08. The zero-order valence-electron chi connectivity index (χ0n) is 8.39. The van der Waals surface area contributed by atoms with Crippen molar-refractivity contribution in [1.29, 1.82) is 10.5 Å². The summed E-state index contributed by atoms with van der Waals surface area (Å²) < 4.78 is 1.40. The van der Waals surface area contributed by atoms with Gasteiger partial charge in [0.15, 0.2) is 0 Å². The van der Waals surface area contributed by atoms with E-state index in [0.717, 1.165) is 0 Å². The lowest BCUT2D eigenvalue weighted by Gasteiger charge is -2.01. The predicted molar refractivity (Wildman–Crippen MR) is 61.0 cm³/mol. The lowest BCUT2D eigenvalue weighted by Crippen LogP contribution is -2.15. The Morgan fingerprint density at radius 1 is 1.18 bits per heavy atom. The fourth-order valence-electron chi connectivity index (χ4n) is 1.41. The fraction of sp³-hybridized carbons (Fsp3) is 0. The van der Waals surface area contributed by atoms with Crippen LogP contribution in [0.1, 0.15) is 11.1 Å². The van der Waals surface area contributed by atoms with Gasteiger partial charge < -0.3 is 0 Å². The highest BCUT2D eigenvalue weighted by Gasteiger charge is 2.07. The van der Waals surface area contributed by atoms with Crippen molar-refractivity contribution >= 4 is 12.2 Å². The van der Waals surface area contributed by atoms with Gasteiger partial charge in [-0.2, -0.15) is 10.5 Å². The number of nitrogens with one attached hydrogen (secondary N) is 2. The number of aromatic nitrogens is 3. The molecule has 0 atom stereocenters. The molecule has 0 spiro atoms. The van der Waals surface area contributed by atoms with Crippen molar-refractivity contribution in [2.24, 2.45) is 0 Å². The Morgan fingerprint density at radius 3 is 2.41 bits per heavy atom. The van der Waals surface area contributed by atoms with Gasteiger partial charge in [0.2, 0.25) is 4.77 Å². The van der Waals surface area contributed by atoms with Gasteiger partial charge >= 0.3 is 5.69 Å². The number of H-pyrrole nitrogens is 2. The van der Waals surface area contributed by atoms with Gasteiger partial charge in [-0.15, -0.1) is 0 Å². The van der Waals surface area contributed by atoms with Crippen molar-refractivity contribution in [3.63, 3.8) is 0 Å². The Morgan fingerprint density at radius 2 is 1.88 bits per heavy atom. The highest BCUT2D eigenvalue weighted by molar-refractivity contribution is 7.71. The summed E-state index contributed by atoms with van der Waals surface area (Å²) in [6.45, 7) is 0. The second-order valence-corrected chi connectivity index (χ2v) is 3.54. The zero-order valence-corrected chi connectivity index (χ0v) is 9.21. The molecule has 6 nitrogen and oxygen atoms in total.